The number of para-hydroxylation sites is 1. The maximum Gasteiger partial charge on any atom is 0.148 e. The van der Waals surface area contributed by atoms with Crippen molar-refractivity contribution in [2.75, 3.05) is 16.9 Å². The molecule has 1 aliphatic heterocycles. The molecule has 1 aliphatic rings. The fourth-order valence-electron chi connectivity index (χ4n) is 2.77. The lowest BCUT2D eigenvalue weighted by molar-refractivity contribution is 0.754. The van der Waals surface area contributed by atoms with E-state index >= 15 is 0 Å². The van der Waals surface area contributed by atoms with Gasteiger partial charge in [0.2, 0.25) is 0 Å². The van der Waals surface area contributed by atoms with E-state index in [4.69, 9.17) is 5.84 Å². The van der Waals surface area contributed by atoms with Crippen LogP contribution < -0.4 is 16.2 Å². The SMILES string of the molecule is Cc1nc(NN)c(C)c(N2CCCc3ccccc32)n1. The molecule has 2 heterocycles. The monoisotopic (exact) mass is 269 g/mol. The number of nitrogens with two attached hydrogens (primary N) is 1. The van der Waals surface area contributed by atoms with Gasteiger partial charge >= 0.3 is 0 Å². The van der Waals surface area contributed by atoms with Gasteiger partial charge < -0.3 is 10.3 Å². The fourth-order valence-corrected chi connectivity index (χ4v) is 2.77. The summed E-state index contributed by atoms with van der Waals surface area (Å²) in [5.74, 6) is 7.91. The second kappa shape index (κ2) is 5.09. The standard InChI is InChI=1S/C15H19N5/c1-10-14(19-16)17-11(2)18-15(10)20-9-5-7-12-6-3-4-8-13(12)20/h3-4,6,8H,5,7,9,16H2,1-2H3,(H,17,18,19). The van der Waals surface area contributed by atoms with Crippen LogP contribution in [0.1, 0.15) is 23.4 Å². The number of fused-ring (bicyclic) bond motifs is 1. The van der Waals surface area contributed by atoms with Crippen LogP contribution >= 0.6 is 0 Å². The van der Waals surface area contributed by atoms with Gasteiger partial charge in [0.15, 0.2) is 0 Å². The average molecular weight is 269 g/mol. The van der Waals surface area contributed by atoms with Gasteiger partial charge in [-0.3, -0.25) is 0 Å². The number of anilines is 3. The summed E-state index contributed by atoms with van der Waals surface area (Å²) in [5, 5.41) is 0. The zero-order valence-electron chi connectivity index (χ0n) is 11.8. The van der Waals surface area contributed by atoms with Crippen molar-refractivity contribution >= 4 is 17.3 Å². The Balaban J connectivity index is 2.13. The van der Waals surface area contributed by atoms with Crippen LogP contribution in [0.4, 0.5) is 17.3 Å². The van der Waals surface area contributed by atoms with Crippen LogP contribution in [0.15, 0.2) is 24.3 Å². The molecule has 0 aliphatic carbocycles. The number of aromatic nitrogens is 2. The van der Waals surface area contributed by atoms with E-state index in [0.29, 0.717) is 5.82 Å². The highest BCUT2D eigenvalue weighted by Gasteiger charge is 2.22. The number of hydrogen-bond donors (Lipinski definition) is 2. The molecule has 2 aromatic rings. The van der Waals surface area contributed by atoms with E-state index in [2.05, 4.69) is 44.6 Å². The molecular weight excluding hydrogens is 250 g/mol. The van der Waals surface area contributed by atoms with Crippen LogP contribution in [0.2, 0.25) is 0 Å². The molecular formula is C15H19N5. The van der Waals surface area contributed by atoms with Gasteiger partial charge in [-0.15, -0.1) is 0 Å². The van der Waals surface area contributed by atoms with Gasteiger partial charge in [0.25, 0.3) is 0 Å². The maximum atomic E-state index is 5.55. The normalized spacial score (nSPS) is 14.1. The number of nitrogen functional groups attached to an aromatic ring is 1. The Morgan fingerprint density at radius 3 is 2.80 bits per heavy atom. The van der Waals surface area contributed by atoms with Crippen LogP contribution in [0, 0.1) is 13.8 Å². The maximum absolute atomic E-state index is 5.55. The summed E-state index contributed by atoms with van der Waals surface area (Å²) >= 11 is 0. The molecule has 0 spiro atoms. The summed E-state index contributed by atoms with van der Waals surface area (Å²) < 4.78 is 0. The number of benzene rings is 1. The molecule has 0 saturated carbocycles. The van der Waals surface area contributed by atoms with Gasteiger partial charge in [-0.25, -0.2) is 15.8 Å². The second-order valence-electron chi connectivity index (χ2n) is 5.10. The van der Waals surface area contributed by atoms with Crippen molar-refractivity contribution in [2.24, 2.45) is 5.84 Å². The quantitative estimate of drug-likeness (QED) is 0.647. The first-order valence-electron chi connectivity index (χ1n) is 6.88. The first-order valence-corrected chi connectivity index (χ1v) is 6.88. The Kier molecular flexibility index (Phi) is 3.28. The Morgan fingerprint density at radius 2 is 2.00 bits per heavy atom. The number of nitrogens with one attached hydrogen (secondary N) is 1. The van der Waals surface area contributed by atoms with Crippen molar-refractivity contribution in [1.82, 2.24) is 9.97 Å². The van der Waals surface area contributed by atoms with E-state index in [9.17, 15) is 0 Å². The lowest BCUT2D eigenvalue weighted by Gasteiger charge is -2.31. The largest absolute Gasteiger partial charge is 0.326 e. The molecule has 3 N–H and O–H groups in total. The molecule has 20 heavy (non-hydrogen) atoms. The zero-order valence-corrected chi connectivity index (χ0v) is 11.8. The smallest absolute Gasteiger partial charge is 0.148 e. The van der Waals surface area contributed by atoms with E-state index in [1.807, 2.05) is 13.8 Å². The summed E-state index contributed by atoms with van der Waals surface area (Å²) in [7, 11) is 0. The number of nitrogens with zero attached hydrogens (tertiary/aromatic N) is 3. The molecule has 0 bridgehead atoms. The van der Waals surface area contributed by atoms with Crippen molar-refractivity contribution in [3.05, 3.63) is 41.2 Å². The van der Waals surface area contributed by atoms with Crippen molar-refractivity contribution in [3.63, 3.8) is 0 Å². The third-order valence-corrected chi connectivity index (χ3v) is 3.73. The number of aryl methyl sites for hydroxylation is 2. The summed E-state index contributed by atoms with van der Waals surface area (Å²) in [6, 6.07) is 8.50. The second-order valence-corrected chi connectivity index (χ2v) is 5.10. The van der Waals surface area contributed by atoms with E-state index in [-0.39, 0.29) is 0 Å². The predicted octanol–water partition coefficient (Wildman–Crippen LogP) is 2.46. The molecule has 0 fully saturated rings. The molecule has 1 aromatic carbocycles. The lowest BCUT2D eigenvalue weighted by Crippen LogP contribution is -2.27. The summed E-state index contributed by atoms with van der Waals surface area (Å²) in [5.41, 5.74) is 6.25. The Hall–Kier alpha value is -2.14. The predicted molar refractivity (Wildman–Crippen MR) is 81.1 cm³/mol. The first-order chi connectivity index (χ1) is 9.70. The van der Waals surface area contributed by atoms with Crippen molar-refractivity contribution < 1.29 is 0 Å². The van der Waals surface area contributed by atoms with Crippen molar-refractivity contribution in [3.8, 4) is 0 Å². The number of rotatable bonds is 2. The molecule has 1 aromatic heterocycles. The summed E-state index contributed by atoms with van der Waals surface area (Å²) in [6.45, 7) is 4.86. The first kappa shape index (κ1) is 12.9. The molecule has 0 amide bonds. The van der Waals surface area contributed by atoms with Crippen LogP contribution in [0.5, 0.6) is 0 Å². The lowest BCUT2D eigenvalue weighted by atomic mass is 10.0. The third-order valence-electron chi connectivity index (χ3n) is 3.73. The van der Waals surface area contributed by atoms with E-state index in [0.717, 1.165) is 36.6 Å². The molecule has 0 atom stereocenters. The van der Waals surface area contributed by atoms with Crippen molar-refractivity contribution in [2.45, 2.75) is 26.7 Å². The number of hydrazine groups is 1. The topological polar surface area (TPSA) is 67.1 Å². The van der Waals surface area contributed by atoms with Gasteiger partial charge in [-0.1, -0.05) is 18.2 Å². The van der Waals surface area contributed by atoms with E-state index in [1.54, 1.807) is 0 Å². The van der Waals surface area contributed by atoms with Crippen LogP contribution in [-0.2, 0) is 6.42 Å². The molecule has 104 valence electrons. The number of hydrogen-bond acceptors (Lipinski definition) is 5. The van der Waals surface area contributed by atoms with Gasteiger partial charge in [0.1, 0.15) is 17.5 Å². The molecule has 5 heteroatoms. The average Bonchev–Trinajstić information content (AvgIpc) is 2.48. The molecule has 5 nitrogen and oxygen atoms in total. The van der Waals surface area contributed by atoms with Gasteiger partial charge in [-0.2, -0.15) is 0 Å². The highest BCUT2D eigenvalue weighted by Crippen LogP contribution is 2.35. The summed E-state index contributed by atoms with van der Waals surface area (Å²) in [4.78, 5) is 11.2. The molecule has 3 rings (SSSR count). The molecule has 0 unspecified atom stereocenters. The summed E-state index contributed by atoms with van der Waals surface area (Å²) in [6.07, 6.45) is 2.25. The minimum Gasteiger partial charge on any atom is -0.326 e. The highest BCUT2D eigenvalue weighted by molar-refractivity contribution is 5.70. The van der Waals surface area contributed by atoms with E-state index in [1.165, 1.54) is 11.3 Å². The van der Waals surface area contributed by atoms with Crippen LogP contribution in [0.3, 0.4) is 0 Å². The minimum atomic E-state index is 0.690. The highest BCUT2D eigenvalue weighted by atomic mass is 15.3. The van der Waals surface area contributed by atoms with Crippen LogP contribution in [0.25, 0.3) is 0 Å². The Morgan fingerprint density at radius 1 is 1.20 bits per heavy atom. The molecule has 0 saturated heterocycles. The Labute approximate surface area is 118 Å². The minimum absolute atomic E-state index is 0.690. The third kappa shape index (κ3) is 2.10. The fraction of sp³-hybridized carbons (Fsp3) is 0.333. The van der Waals surface area contributed by atoms with Gasteiger partial charge in [0, 0.05) is 17.8 Å². The van der Waals surface area contributed by atoms with E-state index < -0.39 is 0 Å². The van der Waals surface area contributed by atoms with Gasteiger partial charge in [0.05, 0.1) is 0 Å². The molecule has 0 radical (unpaired) electrons. The Bertz CT molecular complexity index is 638. The van der Waals surface area contributed by atoms with Crippen molar-refractivity contribution in [1.29, 1.82) is 0 Å². The zero-order chi connectivity index (χ0) is 14.1. The van der Waals surface area contributed by atoms with Crippen LogP contribution in [-0.4, -0.2) is 16.5 Å². The van der Waals surface area contributed by atoms with Gasteiger partial charge in [-0.05, 0) is 38.3 Å².